The second kappa shape index (κ2) is 19.0. The summed E-state index contributed by atoms with van der Waals surface area (Å²) in [6.07, 6.45) is 0. The molecule has 0 unspecified atom stereocenters. The van der Waals surface area contributed by atoms with E-state index < -0.39 is 56.5 Å². The van der Waals surface area contributed by atoms with Crippen molar-refractivity contribution in [2.45, 2.75) is 190 Å². The van der Waals surface area contributed by atoms with Crippen LogP contribution in [0.4, 0.5) is 0 Å². The molecule has 0 amide bonds. The quantitative estimate of drug-likeness (QED) is 0.212. The van der Waals surface area contributed by atoms with Crippen LogP contribution in [0.1, 0.15) is 61.1 Å². The van der Waals surface area contributed by atoms with E-state index in [2.05, 4.69) is 226 Å². The molecule has 11 heteroatoms. The summed E-state index contributed by atoms with van der Waals surface area (Å²) in [6.45, 7) is 72.9. The number of allylic oxidation sites excluding steroid dienone is 4. The summed E-state index contributed by atoms with van der Waals surface area (Å²) in [4.78, 5) is 0. The predicted molar refractivity (Wildman–Crippen MR) is 290 cm³/mol. The number of aryl methyl sites for hydroxylation is 3. The fraction of sp³-hybridized carbons (Fsp3) is 0.569. The molecule has 0 nitrogen and oxygen atoms in total. The molecule has 3 aromatic rings. The van der Waals surface area contributed by atoms with Crippen molar-refractivity contribution in [3.63, 3.8) is 0 Å². The van der Waals surface area contributed by atoms with Crippen molar-refractivity contribution in [2.75, 3.05) is 0 Å². The summed E-state index contributed by atoms with van der Waals surface area (Å²) in [7, 11) is -13.8. The SMILES string of the molecule is CC1=C(C)[C]([Ti+3])([Si](c2c(C)cc([Si](C)(C)C)c([Si](C)(C)C)c2C)(c2c(C)cc([Si](C)(C)C)c([Si](C)(C)C)c2C)c2c(C)cc([Si](C)(C)C)c([Si](C)(C)C)c2C)C(C)=C1C.[Cl-].[Cl-].[Cl-]. The van der Waals surface area contributed by atoms with E-state index in [0.29, 0.717) is 0 Å². The van der Waals surface area contributed by atoms with Gasteiger partial charge in [-0.25, -0.2) is 0 Å². The minimum Gasteiger partial charge on any atom is -1.00 e. The summed E-state index contributed by atoms with van der Waals surface area (Å²) in [5, 5.41) is 15.7. The Kier molecular flexibility index (Phi) is 18.4. The Bertz CT molecular complexity index is 2060. The molecule has 0 aliphatic heterocycles. The second-order valence-corrected chi connectivity index (χ2v) is 61.2. The van der Waals surface area contributed by atoms with Crippen molar-refractivity contribution >= 4 is 103 Å². The molecule has 0 fully saturated rings. The number of hydrogen-bond donors (Lipinski definition) is 0. The van der Waals surface area contributed by atoms with Gasteiger partial charge >= 0.3 is 388 Å². The molecule has 3 aromatic carbocycles. The zero-order valence-corrected chi connectivity index (χ0v) is 55.7. The number of hydrogen-bond acceptors (Lipinski definition) is 0. The van der Waals surface area contributed by atoms with Crippen molar-refractivity contribution in [1.29, 1.82) is 0 Å². The zero-order valence-electron chi connectivity index (χ0n) is 44.9. The van der Waals surface area contributed by atoms with Gasteiger partial charge in [0, 0.05) is 0 Å². The third-order valence-corrected chi connectivity index (χ3v) is 37.1. The first-order valence-electron chi connectivity index (χ1n) is 22.7. The van der Waals surface area contributed by atoms with E-state index in [-0.39, 0.29) is 40.6 Å². The molecule has 0 bridgehead atoms. The van der Waals surface area contributed by atoms with Crippen LogP contribution < -0.4 is 83.9 Å². The van der Waals surface area contributed by atoms with Crippen LogP contribution in [0.2, 0.25) is 121 Å². The molecule has 344 valence electrons. The Balaban J connectivity index is 0.00000641. The Morgan fingerprint density at radius 2 is 0.516 bits per heavy atom. The van der Waals surface area contributed by atoms with Gasteiger partial charge in [-0.05, 0) is 0 Å². The topological polar surface area (TPSA) is 0 Å². The van der Waals surface area contributed by atoms with Crippen molar-refractivity contribution in [3.05, 3.63) is 73.9 Å². The minimum atomic E-state index is -3.17. The molecule has 4 rings (SSSR count). The molecule has 0 aromatic heterocycles. The molecule has 0 N–H and O–H groups in total. The molecule has 1 aliphatic rings. The monoisotopic (exact) mass is 1050 g/mol. The Labute approximate surface area is 421 Å². The van der Waals surface area contributed by atoms with Gasteiger partial charge in [-0.1, -0.05) is 0 Å². The molecule has 0 atom stereocenters. The van der Waals surface area contributed by atoms with Gasteiger partial charge in [-0.2, -0.15) is 0 Å². The summed E-state index contributed by atoms with van der Waals surface area (Å²) >= 11 is 2.78. The Hall–Kier alpha value is 0.242. The smallest absolute Gasteiger partial charge is 1.00 e. The van der Waals surface area contributed by atoms with Crippen LogP contribution in [0.5, 0.6) is 0 Å². The van der Waals surface area contributed by atoms with Crippen LogP contribution in [0.25, 0.3) is 0 Å². The standard InChI is InChI=1S/C51H87Si7.3ClH.Ti/c1-32-29-42(52(11,12)13)49(55(20,21)22)39(8)45(32)58(48-37(6)35(4)36(5)38(48)7,46-33(2)30-43(53(14,15)16)50(40(46)9)56(23,24)25)47-34(3)31-44(54(17,18)19)51(41(47)10)57(26,27)28;;;;/h29-31H,1-28H3;3*1H;/q;;;;+3/p-3. The number of rotatable bonds is 10. The number of halogens is 3. The predicted octanol–water partition coefficient (Wildman–Crippen LogP) is 1.22. The van der Waals surface area contributed by atoms with Gasteiger partial charge in [-0.3, -0.25) is 0 Å². The van der Waals surface area contributed by atoms with E-state index in [1.165, 1.54) is 11.1 Å². The van der Waals surface area contributed by atoms with E-state index in [1.54, 1.807) is 91.2 Å². The Morgan fingerprint density at radius 1 is 0.323 bits per heavy atom. The zero-order chi connectivity index (χ0) is 46.1. The largest absolute Gasteiger partial charge is 1.00 e. The van der Waals surface area contributed by atoms with Gasteiger partial charge in [0.05, 0.1) is 0 Å². The summed E-state index contributed by atoms with van der Waals surface area (Å²) in [5.41, 5.74) is 15.9. The van der Waals surface area contributed by atoms with Crippen LogP contribution in [0.15, 0.2) is 40.5 Å². The first kappa shape index (κ1) is 60.3. The van der Waals surface area contributed by atoms with Crippen molar-refractivity contribution in [1.82, 2.24) is 0 Å². The molecule has 0 heterocycles. The maximum Gasteiger partial charge on any atom is -1.00 e. The van der Waals surface area contributed by atoms with Gasteiger partial charge in [0.15, 0.2) is 0 Å². The summed E-state index contributed by atoms with van der Waals surface area (Å²) < 4.78 is -0.173. The third kappa shape index (κ3) is 9.75. The first-order valence-corrected chi connectivity index (χ1v) is 46.5. The molecule has 0 saturated carbocycles. The van der Waals surface area contributed by atoms with E-state index in [9.17, 15) is 0 Å². The molecular weight excluding hydrogens is 963 g/mol. The maximum absolute atomic E-state index is 3.17. The number of benzene rings is 3. The average Bonchev–Trinajstić information content (AvgIpc) is 3.15. The van der Waals surface area contributed by atoms with Gasteiger partial charge in [0.1, 0.15) is 0 Å². The van der Waals surface area contributed by atoms with E-state index in [1.807, 2.05) is 0 Å². The van der Waals surface area contributed by atoms with Gasteiger partial charge < -0.3 is 37.2 Å². The third-order valence-electron chi connectivity index (χ3n) is 14.5. The Morgan fingerprint density at radius 3 is 0.677 bits per heavy atom. The van der Waals surface area contributed by atoms with Crippen LogP contribution in [-0.4, -0.2) is 56.5 Å². The van der Waals surface area contributed by atoms with Gasteiger partial charge in [0.2, 0.25) is 0 Å². The van der Waals surface area contributed by atoms with Crippen LogP contribution in [0, 0.1) is 41.5 Å². The van der Waals surface area contributed by atoms with Crippen molar-refractivity contribution in [3.8, 4) is 0 Å². The van der Waals surface area contributed by atoms with E-state index >= 15 is 0 Å². The normalized spacial score (nSPS) is 15.5. The van der Waals surface area contributed by atoms with Crippen molar-refractivity contribution in [2.24, 2.45) is 0 Å². The van der Waals surface area contributed by atoms with Crippen molar-refractivity contribution < 1.29 is 57.7 Å². The molecule has 62 heavy (non-hydrogen) atoms. The fourth-order valence-electron chi connectivity index (χ4n) is 12.3. The average molecular weight is 1050 g/mol. The van der Waals surface area contributed by atoms with E-state index in [0.717, 1.165) is 0 Å². The summed E-state index contributed by atoms with van der Waals surface area (Å²) in [5.74, 6) is 0. The van der Waals surface area contributed by atoms with E-state index in [4.69, 9.17) is 0 Å². The fourth-order valence-corrected chi connectivity index (χ4v) is 40.3. The molecule has 1 aliphatic carbocycles. The van der Waals surface area contributed by atoms with Crippen LogP contribution in [-0.2, 0) is 20.4 Å². The maximum atomic E-state index is 2.79. The van der Waals surface area contributed by atoms with Gasteiger partial charge in [0.25, 0.3) is 0 Å². The second-order valence-electron chi connectivity index (χ2n) is 25.3. The minimum absolute atomic E-state index is 0. The molecular formula is C51H87Cl3Si7Ti. The molecule has 0 radical (unpaired) electrons. The van der Waals surface area contributed by atoms with Crippen LogP contribution in [0.3, 0.4) is 0 Å². The molecule has 0 saturated heterocycles. The summed E-state index contributed by atoms with van der Waals surface area (Å²) in [6, 6.07) is 8.38. The molecule has 0 spiro atoms. The van der Waals surface area contributed by atoms with Gasteiger partial charge in [-0.15, -0.1) is 0 Å². The van der Waals surface area contributed by atoms with Crippen LogP contribution >= 0.6 is 0 Å². The first-order chi connectivity index (χ1) is 26.1.